The molecule has 0 unspecified atom stereocenters. The summed E-state index contributed by atoms with van der Waals surface area (Å²) in [5.74, 6) is -3.00. The van der Waals surface area contributed by atoms with E-state index in [-0.39, 0.29) is 24.7 Å². The molecule has 0 radical (unpaired) electrons. The zero-order valence-corrected chi connectivity index (χ0v) is 12.6. The van der Waals surface area contributed by atoms with Crippen molar-refractivity contribution in [3.8, 4) is 0 Å². The van der Waals surface area contributed by atoms with Gasteiger partial charge in [-0.2, -0.15) is 0 Å². The maximum Gasteiger partial charge on any atom is 0.326 e. The second-order valence-electron chi connectivity index (χ2n) is 4.94. The molecule has 0 bridgehead atoms. The number of carbonyl (C=O) groups excluding carboxylic acids is 3. The molecule has 0 heterocycles. The molecule has 0 saturated carbocycles. The number of amides is 2. The third kappa shape index (κ3) is 7.28. The number of ether oxygens (including phenoxy) is 1. The second kappa shape index (κ2) is 8.93. The highest BCUT2D eigenvalue weighted by molar-refractivity contribution is 5.90. The number of hydrogen-bond acceptors (Lipinski definition) is 5. The number of carbonyl (C=O) groups is 4. The van der Waals surface area contributed by atoms with Crippen molar-refractivity contribution in [1.29, 1.82) is 0 Å². The van der Waals surface area contributed by atoms with Gasteiger partial charge in [-0.05, 0) is 12.3 Å². The van der Waals surface area contributed by atoms with Crippen LogP contribution in [0, 0.1) is 5.92 Å². The van der Waals surface area contributed by atoms with Crippen molar-refractivity contribution >= 4 is 23.8 Å². The summed E-state index contributed by atoms with van der Waals surface area (Å²) in [6.07, 6.45) is -0.209. The summed E-state index contributed by atoms with van der Waals surface area (Å²) in [4.78, 5) is 45.2. The molecule has 0 fully saturated rings. The Bertz CT molecular complexity index is 407. The van der Waals surface area contributed by atoms with Gasteiger partial charge in [0, 0.05) is 13.3 Å². The van der Waals surface area contributed by atoms with E-state index in [0.717, 1.165) is 0 Å². The van der Waals surface area contributed by atoms with Crippen LogP contribution < -0.4 is 10.6 Å². The average Bonchev–Trinajstić information content (AvgIpc) is 2.38. The number of rotatable bonds is 8. The molecule has 0 aliphatic heterocycles. The monoisotopic (exact) mass is 302 g/mol. The van der Waals surface area contributed by atoms with Gasteiger partial charge in [-0.1, -0.05) is 13.8 Å². The number of carboxylic acid groups (broad SMARTS) is 1. The molecule has 2 atom stereocenters. The molecular weight excluding hydrogens is 280 g/mol. The van der Waals surface area contributed by atoms with E-state index in [0.29, 0.717) is 0 Å². The predicted octanol–water partition coefficient (Wildman–Crippen LogP) is -0.330. The van der Waals surface area contributed by atoms with E-state index in [2.05, 4.69) is 15.4 Å². The Hall–Kier alpha value is -2.12. The van der Waals surface area contributed by atoms with Crippen LogP contribution in [0.15, 0.2) is 0 Å². The zero-order chi connectivity index (χ0) is 16.6. The molecule has 0 spiro atoms. The molecule has 120 valence electrons. The van der Waals surface area contributed by atoms with Gasteiger partial charge in [-0.15, -0.1) is 0 Å². The minimum Gasteiger partial charge on any atom is -0.480 e. The Balaban J connectivity index is 4.74. The van der Waals surface area contributed by atoms with E-state index in [1.165, 1.54) is 14.0 Å². The third-order valence-corrected chi connectivity index (χ3v) is 2.79. The van der Waals surface area contributed by atoms with Crippen LogP contribution in [0.5, 0.6) is 0 Å². The Kier molecular flexibility index (Phi) is 8.03. The summed E-state index contributed by atoms with van der Waals surface area (Å²) in [5, 5.41) is 13.8. The molecule has 0 aliphatic rings. The van der Waals surface area contributed by atoms with Gasteiger partial charge in [-0.3, -0.25) is 14.4 Å². The number of methoxy groups -OCH3 is 1. The molecule has 0 aliphatic carbocycles. The molecule has 0 aromatic rings. The lowest BCUT2D eigenvalue weighted by Gasteiger charge is -2.23. The minimum atomic E-state index is -1.25. The van der Waals surface area contributed by atoms with Crippen LogP contribution in [0.25, 0.3) is 0 Å². The summed E-state index contributed by atoms with van der Waals surface area (Å²) in [7, 11) is 1.20. The van der Waals surface area contributed by atoms with Gasteiger partial charge in [0.1, 0.15) is 12.1 Å². The molecule has 0 aromatic carbocycles. The third-order valence-electron chi connectivity index (χ3n) is 2.79. The van der Waals surface area contributed by atoms with E-state index < -0.39 is 29.9 Å². The summed E-state index contributed by atoms with van der Waals surface area (Å²) >= 11 is 0. The minimum absolute atomic E-state index is 0.0847. The van der Waals surface area contributed by atoms with Crippen molar-refractivity contribution in [3.05, 3.63) is 0 Å². The van der Waals surface area contributed by atoms with Gasteiger partial charge < -0.3 is 20.5 Å². The molecule has 2 amide bonds. The zero-order valence-electron chi connectivity index (χ0n) is 12.6. The topological polar surface area (TPSA) is 122 Å². The highest BCUT2D eigenvalue weighted by atomic mass is 16.5. The van der Waals surface area contributed by atoms with Gasteiger partial charge in [0.05, 0.1) is 7.11 Å². The molecule has 8 nitrogen and oxygen atoms in total. The fourth-order valence-corrected chi connectivity index (χ4v) is 1.64. The largest absolute Gasteiger partial charge is 0.480 e. The first-order valence-corrected chi connectivity index (χ1v) is 6.56. The normalized spacial score (nSPS) is 13.2. The van der Waals surface area contributed by atoms with Crippen LogP contribution in [0.1, 0.15) is 33.6 Å². The SMILES string of the molecule is COC(=O)CC[C@H](NC(=O)[C@H](NC(C)=O)C(C)C)C(=O)O. The molecule has 0 rings (SSSR count). The number of hydrogen-bond donors (Lipinski definition) is 3. The summed E-state index contributed by atoms with van der Waals surface area (Å²) in [5.41, 5.74) is 0. The molecule has 0 saturated heterocycles. The Morgan fingerprint density at radius 2 is 1.71 bits per heavy atom. The average molecular weight is 302 g/mol. The maximum atomic E-state index is 12.0. The Morgan fingerprint density at radius 1 is 1.14 bits per heavy atom. The summed E-state index contributed by atoms with van der Waals surface area (Å²) in [6.45, 7) is 4.73. The molecular formula is C13H22N2O6. The van der Waals surface area contributed by atoms with Crippen LogP contribution in [0.2, 0.25) is 0 Å². The second-order valence-corrected chi connectivity index (χ2v) is 4.94. The predicted molar refractivity (Wildman–Crippen MR) is 73.3 cm³/mol. The molecule has 0 aromatic heterocycles. The molecule has 21 heavy (non-hydrogen) atoms. The van der Waals surface area contributed by atoms with Crippen molar-refractivity contribution in [3.63, 3.8) is 0 Å². The lowest BCUT2D eigenvalue weighted by molar-refractivity contribution is -0.144. The van der Waals surface area contributed by atoms with Crippen LogP contribution >= 0.6 is 0 Å². The van der Waals surface area contributed by atoms with Gasteiger partial charge in [-0.25, -0.2) is 4.79 Å². The first kappa shape index (κ1) is 18.9. The van der Waals surface area contributed by atoms with E-state index in [9.17, 15) is 19.2 Å². The maximum absolute atomic E-state index is 12.0. The summed E-state index contributed by atoms with van der Waals surface area (Å²) in [6, 6.07) is -2.05. The lowest BCUT2D eigenvalue weighted by Crippen LogP contribution is -2.53. The molecule has 3 N–H and O–H groups in total. The number of nitrogens with one attached hydrogen (secondary N) is 2. The van der Waals surface area contributed by atoms with E-state index >= 15 is 0 Å². The highest BCUT2D eigenvalue weighted by Crippen LogP contribution is 2.05. The first-order chi connectivity index (χ1) is 9.68. The van der Waals surface area contributed by atoms with Crippen molar-refractivity contribution in [2.75, 3.05) is 7.11 Å². The van der Waals surface area contributed by atoms with Gasteiger partial charge in [0.15, 0.2) is 0 Å². The fraction of sp³-hybridized carbons (Fsp3) is 0.692. The van der Waals surface area contributed by atoms with Gasteiger partial charge in [0.25, 0.3) is 0 Å². The van der Waals surface area contributed by atoms with Crippen LogP contribution in [0.3, 0.4) is 0 Å². The van der Waals surface area contributed by atoms with Crippen LogP contribution in [-0.2, 0) is 23.9 Å². The van der Waals surface area contributed by atoms with Crippen molar-refractivity contribution in [2.24, 2.45) is 5.92 Å². The number of esters is 1. The Morgan fingerprint density at radius 3 is 2.10 bits per heavy atom. The van der Waals surface area contributed by atoms with Crippen molar-refractivity contribution in [2.45, 2.75) is 45.7 Å². The molecule has 8 heteroatoms. The van der Waals surface area contributed by atoms with Crippen molar-refractivity contribution < 1.29 is 29.0 Å². The van der Waals surface area contributed by atoms with E-state index in [1.54, 1.807) is 13.8 Å². The van der Waals surface area contributed by atoms with E-state index in [4.69, 9.17) is 5.11 Å². The van der Waals surface area contributed by atoms with Crippen LogP contribution in [-0.4, -0.2) is 48.1 Å². The van der Waals surface area contributed by atoms with Gasteiger partial charge >= 0.3 is 11.9 Å². The number of carboxylic acids is 1. The Labute approximate surface area is 123 Å². The lowest BCUT2D eigenvalue weighted by atomic mass is 10.0. The smallest absolute Gasteiger partial charge is 0.326 e. The summed E-state index contributed by atoms with van der Waals surface area (Å²) < 4.78 is 4.42. The van der Waals surface area contributed by atoms with E-state index in [1.807, 2.05) is 0 Å². The van der Waals surface area contributed by atoms with Gasteiger partial charge in [0.2, 0.25) is 11.8 Å². The standard InChI is InChI=1S/C13H22N2O6/c1-7(2)11(14-8(3)16)12(18)15-9(13(19)20)5-6-10(17)21-4/h7,9,11H,5-6H2,1-4H3,(H,14,16)(H,15,18)(H,19,20)/t9-,11+/m0/s1. The fourth-order valence-electron chi connectivity index (χ4n) is 1.64. The number of aliphatic carboxylic acids is 1. The van der Waals surface area contributed by atoms with Crippen molar-refractivity contribution in [1.82, 2.24) is 10.6 Å². The highest BCUT2D eigenvalue weighted by Gasteiger charge is 2.28. The van der Waals surface area contributed by atoms with Crippen LogP contribution in [0.4, 0.5) is 0 Å². The first-order valence-electron chi connectivity index (χ1n) is 6.56. The quantitative estimate of drug-likeness (QED) is 0.528.